The monoisotopic (exact) mass is 267 g/mol. The van der Waals surface area contributed by atoms with Crippen LogP contribution in [0.15, 0.2) is 46.0 Å². The fraction of sp³-hybridized carbons (Fsp3) is 0.167. The van der Waals surface area contributed by atoms with Gasteiger partial charge in [-0.15, -0.1) is 11.3 Å². The Labute approximate surface area is 105 Å². The Balaban J connectivity index is 2.26. The Morgan fingerprint density at radius 1 is 1.12 bits per heavy atom. The first-order valence-corrected chi connectivity index (χ1v) is 7.69. The third kappa shape index (κ3) is 2.94. The van der Waals surface area contributed by atoms with Crippen molar-refractivity contribution in [1.82, 2.24) is 0 Å². The number of thiophene rings is 1. The van der Waals surface area contributed by atoms with Gasteiger partial charge in [0.1, 0.15) is 4.21 Å². The third-order valence-corrected chi connectivity index (χ3v) is 5.56. The van der Waals surface area contributed by atoms with Crippen LogP contribution in [0.3, 0.4) is 0 Å². The molecule has 0 bridgehead atoms. The van der Waals surface area contributed by atoms with Crippen LogP contribution >= 0.6 is 11.3 Å². The Morgan fingerprint density at radius 2 is 1.88 bits per heavy atom. The number of hydrogen-bond acceptors (Lipinski definition) is 4. The van der Waals surface area contributed by atoms with E-state index < -0.39 is 9.84 Å². The summed E-state index contributed by atoms with van der Waals surface area (Å²) in [4.78, 5) is 0. The molecule has 3 nitrogen and oxygen atoms in total. The normalized spacial score (nSPS) is 11.6. The van der Waals surface area contributed by atoms with Gasteiger partial charge in [-0.25, -0.2) is 8.42 Å². The van der Waals surface area contributed by atoms with Crippen LogP contribution < -0.4 is 5.73 Å². The first-order chi connectivity index (χ1) is 8.12. The summed E-state index contributed by atoms with van der Waals surface area (Å²) in [5.41, 5.74) is 7.26. The Bertz CT molecular complexity index is 589. The van der Waals surface area contributed by atoms with E-state index in [1.165, 1.54) is 11.3 Å². The smallest absolute Gasteiger partial charge is 0.191 e. The van der Waals surface area contributed by atoms with Gasteiger partial charge in [0.05, 0.1) is 5.75 Å². The Kier molecular flexibility index (Phi) is 3.61. The maximum absolute atomic E-state index is 12.0. The first-order valence-electron chi connectivity index (χ1n) is 5.16. The minimum Gasteiger partial charge on any atom is -0.326 e. The van der Waals surface area contributed by atoms with Crippen LogP contribution in [0.1, 0.15) is 11.1 Å². The van der Waals surface area contributed by atoms with Gasteiger partial charge in [-0.05, 0) is 22.6 Å². The summed E-state index contributed by atoms with van der Waals surface area (Å²) in [6.45, 7) is 0.424. The fourth-order valence-corrected chi connectivity index (χ4v) is 4.00. The van der Waals surface area contributed by atoms with Crippen LogP contribution in [0.4, 0.5) is 0 Å². The summed E-state index contributed by atoms with van der Waals surface area (Å²) in [6.07, 6.45) is 0. The van der Waals surface area contributed by atoms with Crippen molar-refractivity contribution in [1.29, 1.82) is 0 Å². The van der Waals surface area contributed by atoms with Crippen molar-refractivity contribution in [3.8, 4) is 0 Å². The highest BCUT2D eigenvalue weighted by molar-refractivity contribution is 7.92. The fourth-order valence-electron chi connectivity index (χ4n) is 1.58. The summed E-state index contributed by atoms with van der Waals surface area (Å²) >= 11 is 1.25. The van der Waals surface area contributed by atoms with Crippen LogP contribution in [0, 0.1) is 0 Å². The maximum atomic E-state index is 12.0. The molecule has 1 aromatic heterocycles. The average Bonchev–Trinajstić information content (AvgIpc) is 2.83. The molecule has 1 heterocycles. The highest BCUT2D eigenvalue weighted by Crippen LogP contribution is 2.21. The number of rotatable bonds is 4. The van der Waals surface area contributed by atoms with Gasteiger partial charge in [-0.1, -0.05) is 30.3 Å². The molecule has 0 saturated carbocycles. The van der Waals surface area contributed by atoms with Gasteiger partial charge >= 0.3 is 0 Å². The second kappa shape index (κ2) is 5.00. The summed E-state index contributed by atoms with van der Waals surface area (Å²) in [5.74, 6) is 0.0291. The Morgan fingerprint density at radius 3 is 2.53 bits per heavy atom. The average molecular weight is 267 g/mol. The van der Waals surface area contributed by atoms with Gasteiger partial charge in [0.2, 0.25) is 0 Å². The second-order valence-corrected chi connectivity index (χ2v) is 6.88. The van der Waals surface area contributed by atoms with Gasteiger partial charge < -0.3 is 5.73 Å². The Hall–Kier alpha value is -1.17. The molecule has 2 N–H and O–H groups in total. The molecule has 2 aromatic rings. The molecule has 90 valence electrons. The molecule has 1 aromatic carbocycles. The predicted molar refractivity (Wildman–Crippen MR) is 69.5 cm³/mol. The van der Waals surface area contributed by atoms with E-state index in [1.54, 1.807) is 17.5 Å². The van der Waals surface area contributed by atoms with Gasteiger partial charge in [-0.2, -0.15) is 0 Å². The van der Waals surface area contributed by atoms with E-state index in [0.717, 1.165) is 11.1 Å². The second-order valence-electron chi connectivity index (χ2n) is 3.72. The first kappa shape index (κ1) is 12.3. The molecule has 0 spiro atoms. The molecule has 0 unspecified atom stereocenters. The van der Waals surface area contributed by atoms with Crippen LogP contribution in [0.5, 0.6) is 0 Å². The van der Waals surface area contributed by atoms with Crippen LogP contribution in [0.25, 0.3) is 0 Å². The topological polar surface area (TPSA) is 60.2 Å². The van der Waals surface area contributed by atoms with E-state index in [-0.39, 0.29) is 5.75 Å². The van der Waals surface area contributed by atoms with Gasteiger partial charge in [0, 0.05) is 6.54 Å². The molecule has 0 fully saturated rings. The molecule has 0 saturated heterocycles. The quantitative estimate of drug-likeness (QED) is 0.923. The van der Waals surface area contributed by atoms with E-state index in [0.29, 0.717) is 10.8 Å². The molecule has 0 radical (unpaired) electrons. The van der Waals surface area contributed by atoms with E-state index in [4.69, 9.17) is 5.73 Å². The van der Waals surface area contributed by atoms with Crippen molar-refractivity contribution >= 4 is 21.2 Å². The highest BCUT2D eigenvalue weighted by atomic mass is 32.2. The van der Waals surface area contributed by atoms with Crippen molar-refractivity contribution < 1.29 is 8.42 Å². The van der Waals surface area contributed by atoms with Crippen molar-refractivity contribution in [2.75, 3.05) is 0 Å². The van der Waals surface area contributed by atoms with Crippen LogP contribution in [-0.4, -0.2) is 8.42 Å². The van der Waals surface area contributed by atoms with E-state index in [9.17, 15) is 8.42 Å². The molecule has 0 amide bonds. The summed E-state index contributed by atoms with van der Waals surface area (Å²) in [5, 5.41) is 1.77. The molecule has 0 atom stereocenters. The van der Waals surface area contributed by atoms with E-state index in [2.05, 4.69) is 0 Å². The molecule has 17 heavy (non-hydrogen) atoms. The van der Waals surface area contributed by atoms with E-state index >= 15 is 0 Å². The van der Waals surface area contributed by atoms with Gasteiger partial charge in [0.15, 0.2) is 9.84 Å². The summed E-state index contributed by atoms with van der Waals surface area (Å²) < 4.78 is 24.5. The van der Waals surface area contributed by atoms with Crippen LogP contribution in [0.2, 0.25) is 0 Å². The lowest BCUT2D eigenvalue weighted by atomic mass is 10.1. The lowest BCUT2D eigenvalue weighted by Gasteiger charge is -2.04. The molecule has 2 rings (SSSR count). The molecule has 5 heteroatoms. The lowest BCUT2D eigenvalue weighted by Crippen LogP contribution is -2.04. The zero-order chi connectivity index (χ0) is 12.3. The van der Waals surface area contributed by atoms with Gasteiger partial charge in [0.25, 0.3) is 0 Å². The SMILES string of the molecule is NCc1cccc(CS(=O)(=O)c2cccs2)c1. The van der Waals surface area contributed by atoms with Crippen molar-refractivity contribution in [3.63, 3.8) is 0 Å². The predicted octanol–water partition coefficient (Wildman–Crippen LogP) is 2.18. The largest absolute Gasteiger partial charge is 0.326 e. The number of sulfone groups is 1. The van der Waals surface area contributed by atoms with Crippen molar-refractivity contribution in [2.45, 2.75) is 16.5 Å². The number of nitrogens with two attached hydrogens (primary N) is 1. The molecule has 0 aliphatic carbocycles. The molecular formula is C12H13NO2S2. The molecule has 0 aliphatic heterocycles. The zero-order valence-electron chi connectivity index (χ0n) is 9.17. The van der Waals surface area contributed by atoms with Crippen molar-refractivity contribution in [2.24, 2.45) is 5.73 Å². The van der Waals surface area contributed by atoms with Crippen LogP contribution in [-0.2, 0) is 22.1 Å². The molecular weight excluding hydrogens is 254 g/mol. The molecule has 0 aliphatic rings. The minimum absolute atomic E-state index is 0.0291. The van der Waals surface area contributed by atoms with E-state index in [1.807, 2.05) is 24.3 Å². The maximum Gasteiger partial charge on any atom is 0.191 e. The number of hydrogen-bond donors (Lipinski definition) is 1. The standard InChI is InChI=1S/C12H13NO2S2/c13-8-10-3-1-4-11(7-10)9-17(14,15)12-5-2-6-16-12/h1-7H,8-9,13H2. The zero-order valence-corrected chi connectivity index (χ0v) is 10.8. The highest BCUT2D eigenvalue weighted by Gasteiger charge is 2.16. The third-order valence-electron chi connectivity index (χ3n) is 2.39. The number of benzene rings is 1. The van der Waals surface area contributed by atoms with Gasteiger partial charge in [-0.3, -0.25) is 0 Å². The minimum atomic E-state index is -3.22. The summed E-state index contributed by atoms with van der Waals surface area (Å²) in [6, 6.07) is 10.7. The lowest BCUT2D eigenvalue weighted by molar-refractivity contribution is 0.597. The summed E-state index contributed by atoms with van der Waals surface area (Å²) in [7, 11) is -3.22. The van der Waals surface area contributed by atoms with Crippen molar-refractivity contribution in [3.05, 3.63) is 52.9 Å².